The molecule has 2 aromatic carbocycles. The number of halogens is 1. The quantitative estimate of drug-likeness (QED) is 0.682. The third kappa shape index (κ3) is 5.78. The lowest BCUT2D eigenvalue weighted by Crippen LogP contribution is -2.20. The van der Waals surface area contributed by atoms with Gasteiger partial charge in [-0.15, -0.1) is 0 Å². The Kier molecular flexibility index (Phi) is 6.88. The Labute approximate surface area is 157 Å². The minimum Gasteiger partial charge on any atom is -0.491 e. The Balaban J connectivity index is 1.90. The molecule has 1 amide bonds. The van der Waals surface area contributed by atoms with Crippen LogP contribution in [0.15, 0.2) is 40.9 Å². The lowest BCUT2D eigenvalue weighted by Gasteiger charge is -2.14. The molecule has 0 fully saturated rings. The summed E-state index contributed by atoms with van der Waals surface area (Å²) in [4.78, 5) is 12.1. The van der Waals surface area contributed by atoms with Crippen molar-refractivity contribution in [1.29, 1.82) is 0 Å². The molecule has 1 unspecified atom stereocenters. The minimum absolute atomic E-state index is 0.0333. The molecule has 0 radical (unpaired) electrons. The van der Waals surface area contributed by atoms with E-state index in [0.717, 1.165) is 33.5 Å². The summed E-state index contributed by atoms with van der Waals surface area (Å²) in [6.45, 7) is 7.99. The molecule has 134 valence electrons. The number of ether oxygens (including phenoxy) is 2. The van der Waals surface area contributed by atoms with Crippen LogP contribution in [0.5, 0.6) is 11.5 Å². The molecule has 0 aliphatic carbocycles. The molecule has 0 heterocycles. The van der Waals surface area contributed by atoms with Gasteiger partial charge >= 0.3 is 0 Å². The normalized spacial score (nSPS) is 11.7. The number of hydrogen-bond acceptors (Lipinski definition) is 3. The van der Waals surface area contributed by atoms with Crippen LogP contribution in [0.4, 0.5) is 5.69 Å². The lowest BCUT2D eigenvalue weighted by atomic mass is 10.1. The molecule has 0 saturated carbocycles. The molecule has 0 saturated heterocycles. The van der Waals surface area contributed by atoms with Gasteiger partial charge in [-0.3, -0.25) is 4.79 Å². The first-order valence-electron chi connectivity index (χ1n) is 8.35. The predicted octanol–water partition coefficient (Wildman–Crippen LogP) is 5.26. The number of benzene rings is 2. The number of rotatable bonds is 7. The molecular weight excluding hydrogens is 382 g/mol. The van der Waals surface area contributed by atoms with Gasteiger partial charge in [0, 0.05) is 10.2 Å². The van der Waals surface area contributed by atoms with Gasteiger partial charge in [-0.25, -0.2) is 0 Å². The Morgan fingerprint density at radius 2 is 1.76 bits per heavy atom. The Bertz CT molecular complexity index is 705. The third-order valence-corrected chi connectivity index (χ3v) is 4.28. The van der Waals surface area contributed by atoms with E-state index in [0.29, 0.717) is 5.69 Å². The van der Waals surface area contributed by atoms with Gasteiger partial charge in [-0.1, -0.05) is 22.9 Å². The zero-order chi connectivity index (χ0) is 18.4. The van der Waals surface area contributed by atoms with Crippen LogP contribution >= 0.6 is 15.9 Å². The van der Waals surface area contributed by atoms with Crippen LogP contribution in [0.2, 0.25) is 0 Å². The highest BCUT2D eigenvalue weighted by atomic mass is 79.9. The summed E-state index contributed by atoms with van der Waals surface area (Å²) in [5.74, 6) is 1.35. The molecule has 0 aliphatic heterocycles. The second-order valence-corrected chi connectivity index (χ2v) is 6.98. The zero-order valence-corrected chi connectivity index (χ0v) is 16.6. The number of carbonyl (C=O) groups is 1. The summed E-state index contributed by atoms with van der Waals surface area (Å²) in [6.07, 6.45) is 1.12. The first-order valence-corrected chi connectivity index (χ1v) is 9.14. The first-order chi connectivity index (χ1) is 11.9. The van der Waals surface area contributed by atoms with Crippen molar-refractivity contribution in [3.05, 3.63) is 52.0 Å². The second kappa shape index (κ2) is 8.90. The number of carbonyl (C=O) groups excluding carboxylic acids is 1. The number of anilines is 1. The maximum absolute atomic E-state index is 12.1. The van der Waals surface area contributed by atoms with E-state index in [9.17, 15) is 4.79 Å². The summed E-state index contributed by atoms with van der Waals surface area (Å²) in [5.41, 5.74) is 2.70. The molecule has 25 heavy (non-hydrogen) atoms. The molecule has 0 aromatic heterocycles. The van der Waals surface area contributed by atoms with Crippen LogP contribution in [0.3, 0.4) is 0 Å². The highest BCUT2D eigenvalue weighted by Crippen LogP contribution is 2.27. The summed E-state index contributed by atoms with van der Waals surface area (Å²) in [7, 11) is 0. The van der Waals surface area contributed by atoms with E-state index >= 15 is 0 Å². The van der Waals surface area contributed by atoms with E-state index in [4.69, 9.17) is 9.47 Å². The van der Waals surface area contributed by atoms with Crippen LogP contribution in [-0.4, -0.2) is 18.6 Å². The van der Waals surface area contributed by atoms with Crippen LogP contribution in [0.25, 0.3) is 0 Å². The van der Waals surface area contributed by atoms with Crippen LogP contribution < -0.4 is 14.8 Å². The van der Waals surface area contributed by atoms with E-state index in [1.807, 2.05) is 57.2 Å². The average molecular weight is 406 g/mol. The summed E-state index contributed by atoms with van der Waals surface area (Å²) >= 11 is 3.45. The van der Waals surface area contributed by atoms with Gasteiger partial charge in [0.2, 0.25) is 0 Å². The summed E-state index contributed by atoms with van der Waals surface area (Å²) in [6, 6.07) is 11.3. The Hall–Kier alpha value is -2.01. The van der Waals surface area contributed by atoms with Crippen LogP contribution in [0.1, 0.15) is 31.4 Å². The Morgan fingerprint density at radius 1 is 1.16 bits per heavy atom. The van der Waals surface area contributed by atoms with Crippen LogP contribution in [0, 0.1) is 13.8 Å². The number of nitrogens with one attached hydrogen (secondary N) is 1. The molecule has 0 spiro atoms. The van der Waals surface area contributed by atoms with E-state index in [1.54, 1.807) is 0 Å². The van der Waals surface area contributed by atoms with E-state index in [2.05, 4.69) is 28.2 Å². The number of aryl methyl sites for hydroxylation is 2. The Morgan fingerprint density at radius 3 is 2.32 bits per heavy atom. The number of hydrogen-bond donors (Lipinski definition) is 1. The molecule has 5 heteroatoms. The fourth-order valence-corrected chi connectivity index (χ4v) is 3.08. The van der Waals surface area contributed by atoms with Crippen molar-refractivity contribution in [3.63, 3.8) is 0 Å². The first kappa shape index (κ1) is 19.3. The summed E-state index contributed by atoms with van der Waals surface area (Å²) < 4.78 is 12.4. The standard InChI is InChI=1S/C20H24BrNO3/c1-5-15(4)25-18-8-6-17(7-9-18)22-19(23)12-24-20-13(2)10-16(21)11-14(20)3/h6-11,15H,5,12H2,1-4H3,(H,22,23). The molecule has 2 rings (SSSR count). The van der Waals surface area contributed by atoms with Crippen molar-refractivity contribution in [2.75, 3.05) is 11.9 Å². The maximum Gasteiger partial charge on any atom is 0.262 e. The van der Waals surface area contributed by atoms with E-state index in [1.165, 1.54) is 0 Å². The van der Waals surface area contributed by atoms with Gasteiger partial charge in [0.15, 0.2) is 6.61 Å². The lowest BCUT2D eigenvalue weighted by molar-refractivity contribution is -0.118. The minimum atomic E-state index is -0.197. The molecule has 0 bridgehead atoms. The van der Waals surface area contributed by atoms with Crippen LogP contribution in [-0.2, 0) is 4.79 Å². The number of amides is 1. The van der Waals surface area contributed by atoms with Crippen molar-refractivity contribution < 1.29 is 14.3 Å². The molecule has 1 atom stereocenters. The molecule has 1 N–H and O–H groups in total. The topological polar surface area (TPSA) is 47.6 Å². The van der Waals surface area contributed by atoms with Crippen molar-refractivity contribution in [2.45, 2.75) is 40.2 Å². The zero-order valence-electron chi connectivity index (χ0n) is 15.1. The van der Waals surface area contributed by atoms with Crippen molar-refractivity contribution in [3.8, 4) is 11.5 Å². The van der Waals surface area contributed by atoms with Gasteiger partial charge < -0.3 is 14.8 Å². The van der Waals surface area contributed by atoms with E-state index < -0.39 is 0 Å². The molecule has 2 aromatic rings. The van der Waals surface area contributed by atoms with Crippen molar-refractivity contribution >= 4 is 27.5 Å². The van der Waals surface area contributed by atoms with Gasteiger partial charge in [0.05, 0.1) is 6.10 Å². The fourth-order valence-electron chi connectivity index (χ4n) is 2.39. The smallest absolute Gasteiger partial charge is 0.262 e. The second-order valence-electron chi connectivity index (χ2n) is 6.07. The maximum atomic E-state index is 12.1. The fraction of sp³-hybridized carbons (Fsp3) is 0.350. The average Bonchev–Trinajstić information content (AvgIpc) is 2.55. The van der Waals surface area contributed by atoms with Crippen molar-refractivity contribution in [1.82, 2.24) is 0 Å². The van der Waals surface area contributed by atoms with Gasteiger partial charge in [-0.2, -0.15) is 0 Å². The van der Waals surface area contributed by atoms with Gasteiger partial charge in [-0.05, 0) is 74.7 Å². The highest BCUT2D eigenvalue weighted by molar-refractivity contribution is 9.10. The SMILES string of the molecule is CCC(C)Oc1ccc(NC(=O)COc2c(C)cc(Br)cc2C)cc1. The van der Waals surface area contributed by atoms with Gasteiger partial charge in [0.1, 0.15) is 11.5 Å². The summed E-state index contributed by atoms with van der Waals surface area (Å²) in [5, 5.41) is 2.83. The van der Waals surface area contributed by atoms with Crippen molar-refractivity contribution in [2.24, 2.45) is 0 Å². The molecule has 4 nitrogen and oxygen atoms in total. The predicted molar refractivity (Wildman–Crippen MR) is 105 cm³/mol. The van der Waals surface area contributed by atoms with E-state index in [-0.39, 0.29) is 18.6 Å². The largest absolute Gasteiger partial charge is 0.491 e. The highest BCUT2D eigenvalue weighted by Gasteiger charge is 2.09. The van der Waals surface area contributed by atoms with Gasteiger partial charge in [0.25, 0.3) is 5.91 Å². The third-order valence-electron chi connectivity index (χ3n) is 3.82. The molecular formula is C20H24BrNO3. The monoisotopic (exact) mass is 405 g/mol. The molecule has 0 aliphatic rings.